The molecule has 4 rings (SSSR count). The number of para-hydroxylation sites is 1. The minimum absolute atomic E-state index is 0.0235. The Morgan fingerprint density at radius 2 is 1.57 bits per heavy atom. The molecule has 1 aliphatic heterocycles. The summed E-state index contributed by atoms with van der Waals surface area (Å²) in [5.74, 6) is -0.0235. The Morgan fingerprint density at radius 3 is 2.32 bits per heavy atom. The molecule has 3 aromatic carbocycles. The maximum atomic E-state index is 12.9. The number of fused-ring (bicyclic) bond motifs is 1. The third-order valence-electron chi connectivity index (χ3n) is 4.81. The van der Waals surface area contributed by atoms with E-state index >= 15 is 0 Å². The number of hydrogen-bond acceptors (Lipinski definition) is 2. The van der Waals surface area contributed by atoms with E-state index in [1.165, 1.54) is 0 Å². The summed E-state index contributed by atoms with van der Waals surface area (Å²) in [7, 11) is 0. The molecule has 0 spiro atoms. The molecule has 0 fully saturated rings. The minimum Gasteiger partial charge on any atom is -0.308 e. The minimum atomic E-state index is -0.319. The molecule has 0 radical (unpaired) electrons. The summed E-state index contributed by atoms with van der Waals surface area (Å²) in [5.41, 5.74) is 5.11. The van der Waals surface area contributed by atoms with Gasteiger partial charge >= 0.3 is 6.03 Å². The lowest BCUT2D eigenvalue weighted by Crippen LogP contribution is -2.29. The van der Waals surface area contributed by atoms with E-state index in [1.54, 1.807) is 4.90 Å². The molecule has 0 unspecified atom stereocenters. The van der Waals surface area contributed by atoms with E-state index in [0.717, 1.165) is 28.9 Å². The van der Waals surface area contributed by atoms with Gasteiger partial charge in [0.2, 0.25) is 0 Å². The van der Waals surface area contributed by atoms with Gasteiger partial charge in [-0.1, -0.05) is 42.0 Å². The fraction of sp³-hybridized carbons (Fsp3) is 0.130. The van der Waals surface area contributed by atoms with Gasteiger partial charge in [0.25, 0.3) is 5.91 Å². The summed E-state index contributed by atoms with van der Waals surface area (Å²) < 4.78 is 0. The standard InChI is InChI=1S/C23H21N3O2/c1-16-7-9-18(10-8-16)22(27)26-14-13-17-11-12-20(15-21(17)26)25-23(28)24-19-5-3-2-4-6-19/h2-12,15H,13-14H2,1H3,(H2,24,25,28). The first-order chi connectivity index (χ1) is 13.6. The van der Waals surface area contributed by atoms with Gasteiger partial charge in [-0.15, -0.1) is 0 Å². The predicted molar refractivity (Wildman–Crippen MR) is 112 cm³/mol. The number of carbonyl (C=O) groups is 2. The monoisotopic (exact) mass is 371 g/mol. The van der Waals surface area contributed by atoms with Crippen molar-refractivity contribution in [2.45, 2.75) is 13.3 Å². The molecule has 5 nitrogen and oxygen atoms in total. The molecular formula is C23H21N3O2. The Bertz CT molecular complexity index is 1010. The summed E-state index contributed by atoms with van der Waals surface area (Å²) in [4.78, 5) is 26.9. The number of benzene rings is 3. The molecule has 0 aliphatic carbocycles. The lowest BCUT2D eigenvalue weighted by Gasteiger charge is -2.18. The number of nitrogens with zero attached hydrogens (tertiary/aromatic N) is 1. The molecule has 0 atom stereocenters. The Hall–Kier alpha value is -3.60. The second kappa shape index (κ2) is 7.56. The van der Waals surface area contributed by atoms with Crippen LogP contribution in [0.1, 0.15) is 21.5 Å². The Kier molecular flexibility index (Phi) is 4.81. The van der Waals surface area contributed by atoms with Crippen molar-refractivity contribution in [1.82, 2.24) is 0 Å². The fourth-order valence-corrected chi connectivity index (χ4v) is 3.33. The van der Waals surface area contributed by atoms with E-state index in [2.05, 4.69) is 10.6 Å². The van der Waals surface area contributed by atoms with E-state index in [1.807, 2.05) is 79.7 Å². The summed E-state index contributed by atoms with van der Waals surface area (Å²) in [6.45, 7) is 2.64. The van der Waals surface area contributed by atoms with Gasteiger partial charge in [-0.3, -0.25) is 4.79 Å². The van der Waals surface area contributed by atoms with Gasteiger partial charge in [0.15, 0.2) is 0 Å². The smallest absolute Gasteiger partial charge is 0.308 e. The van der Waals surface area contributed by atoms with Crippen LogP contribution >= 0.6 is 0 Å². The Labute approximate surface area is 164 Å². The third kappa shape index (κ3) is 3.74. The maximum Gasteiger partial charge on any atom is 0.323 e. The highest BCUT2D eigenvalue weighted by Crippen LogP contribution is 2.32. The first kappa shape index (κ1) is 17.8. The highest BCUT2D eigenvalue weighted by molar-refractivity contribution is 6.08. The lowest BCUT2D eigenvalue weighted by atomic mass is 10.1. The van der Waals surface area contributed by atoms with Crippen molar-refractivity contribution in [2.75, 3.05) is 22.1 Å². The number of urea groups is 1. The summed E-state index contributed by atoms with van der Waals surface area (Å²) in [5, 5.41) is 5.63. The quantitative estimate of drug-likeness (QED) is 0.692. The zero-order chi connectivity index (χ0) is 19.5. The SMILES string of the molecule is Cc1ccc(C(=O)N2CCc3ccc(NC(=O)Nc4ccccc4)cc32)cc1. The molecule has 0 saturated heterocycles. The van der Waals surface area contributed by atoms with Crippen LogP contribution in [0.2, 0.25) is 0 Å². The first-order valence-corrected chi connectivity index (χ1v) is 9.25. The predicted octanol–water partition coefficient (Wildman–Crippen LogP) is 4.84. The number of aryl methyl sites for hydroxylation is 1. The molecule has 0 aromatic heterocycles. The molecule has 28 heavy (non-hydrogen) atoms. The molecule has 1 heterocycles. The van der Waals surface area contributed by atoms with Crippen LogP contribution in [-0.4, -0.2) is 18.5 Å². The zero-order valence-corrected chi connectivity index (χ0v) is 15.6. The van der Waals surface area contributed by atoms with E-state index in [4.69, 9.17) is 0 Å². The van der Waals surface area contributed by atoms with Crippen LogP contribution in [0.15, 0.2) is 72.8 Å². The third-order valence-corrected chi connectivity index (χ3v) is 4.81. The van der Waals surface area contributed by atoms with Gasteiger partial charge in [-0.05, 0) is 55.3 Å². The topological polar surface area (TPSA) is 61.4 Å². The molecule has 3 amide bonds. The molecular weight excluding hydrogens is 350 g/mol. The number of amides is 3. The fourth-order valence-electron chi connectivity index (χ4n) is 3.33. The van der Waals surface area contributed by atoms with Crippen molar-refractivity contribution in [3.8, 4) is 0 Å². The van der Waals surface area contributed by atoms with Crippen LogP contribution in [0.3, 0.4) is 0 Å². The van der Waals surface area contributed by atoms with Crippen LogP contribution < -0.4 is 15.5 Å². The first-order valence-electron chi connectivity index (χ1n) is 9.25. The second-order valence-electron chi connectivity index (χ2n) is 6.86. The van der Waals surface area contributed by atoms with Crippen molar-refractivity contribution < 1.29 is 9.59 Å². The van der Waals surface area contributed by atoms with Crippen LogP contribution in [0.4, 0.5) is 21.9 Å². The number of nitrogens with one attached hydrogen (secondary N) is 2. The zero-order valence-electron chi connectivity index (χ0n) is 15.6. The van der Waals surface area contributed by atoms with Crippen LogP contribution in [-0.2, 0) is 6.42 Å². The molecule has 1 aliphatic rings. The normalized spacial score (nSPS) is 12.4. The van der Waals surface area contributed by atoms with E-state index in [-0.39, 0.29) is 11.9 Å². The summed E-state index contributed by atoms with van der Waals surface area (Å²) in [6, 6.07) is 22.2. The average molecular weight is 371 g/mol. The van der Waals surface area contributed by atoms with Crippen molar-refractivity contribution in [3.63, 3.8) is 0 Å². The van der Waals surface area contributed by atoms with Crippen molar-refractivity contribution in [3.05, 3.63) is 89.5 Å². The average Bonchev–Trinajstić information content (AvgIpc) is 3.12. The largest absolute Gasteiger partial charge is 0.323 e. The van der Waals surface area contributed by atoms with Gasteiger partial charge < -0.3 is 15.5 Å². The molecule has 140 valence electrons. The number of carbonyl (C=O) groups excluding carboxylic acids is 2. The highest BCUT2D eigenvalue weighted by atomic mass is 16.2. The lowest BCUT2D eigenvalue weighted by molar-refractivity contribution is 0.0989. The van der Waals surface area contributed by atoms with E-state index < -0.39 is 0 Å². The maximum absolute atomic E-state index is 12.9. The van der Waals surface area contributed by atoms with Crippen LogP contribution in [0.5, 0.6) is 0 Å². The van der Waals surface area contributed by atoms with Gasteiger partial charge in [0.05, 0.1) is 0 Å². The van der Waals surface area contributed by atoms with E-state index in [9.17, 15) is 9.59 Å². The Balaban J connectivity index is 1.51. The van der Waals surface area contributed by atoms with Crippen molar-refractivity contribution in [2.24, 2.45) is 0 Å². The van der Waals surface area contributed by atoms with E-state index in [0.29, 0.717) is 17.8 Å². The molecule has 0 saturated carbocycles. The Morgan fingerprint density at radius 1 is 0.857 bits per heavy atom. The number of anilines is 3. The second-order valence-corrected chi connectivity index (χ2v) is 6.86. The van der Waals surface area contributed by atoms with Gasteiger partial charge in [0.1, 0.15) is 0 Å². The molecule has 5 heteroatoms. The van der Waals surface area contributed by atoms with Gasteiger partial charge in [-0.2, -0.15) is 0 Å². The summed E-state index contributed by atoms with van der Waals surface area (Å²) in [6.07, 6.45) is 0.809. The van der Waals surface area contributed by atoms with Crippen molar-refractivity contribution in [1.29, 1.82) is 0 Å². The van der Waals surface area contributed by atoms with Crippen LogP contribution in [0, 0.1) is 6.92 Å². The molecule has 3 aromatic rings. The summed E-state index contributed by atoms with van der Waals surface area (Å²) >= 11 is 0. The van der Waals surface area contributed by atoms with Crippen LogP contribution in [0.25, 0.3) is 0 Å². The van der Waals surface area contributed by atoms with Gasteiger partial charge in [0, 0.05) is 29.2 Å². The molecule has 0 bridgehead atoms. The van der Waals surface area contributed by atoms with Gasteiger partial charge in [-0.25, -0.2) is 4.79 Å². The number of hydrogen-bond donors (Lipinski definition) is 2. The highest BCUT2D eigenvalue weighted by Gasteiger charge is 2.26. The number of rotatable bonds is 3. The molecule has 2 N–H and O–H groups in total. The van der Waals surface area contributed by atoms with Crippen molar-refractivity contribution >= 4 is 29.0 Å².